The van der Waals surface area contributed by atoms with E-state index < -0.39 is 65.1 Å². The third-order valence-corrected chi connectivity index (χ3v) is 6.36. The second-order valence-electron chi connectivity index (χ2n) is 8.96. The number of carboxylic acid groups (broad SMARTS) is 1. The molecule has 0 saturated carbocycles. The molecule has 6 N–H and O–H groups in total. The molecule has 2 amide bonds. The third-order valence-electron chi connectivity index (χ3n) is 5.96. The maximum absolute atomic E-state index is 13.4. The SMILES string of the molecule is [2H]N[C@@H](Cc1ccc(OS(=O)(=O)O)cc1)C(=O)CN(C)[C@H](CC(=O)O)C(=O)N(C)[C@@H](Cc1ccccc1)C(N)=O. The van der Waals surface area contributed by atoms with Gasteiger partial charge in [0, 0.05) is 13.5 Å². The van der Waals surface area contributed by atoms with Crippen molar-refractivity contribution < 1.29 is 42.9 Å². The summed E-state index contributed by atoms with van der Waals surface area (Å²) in [4.78, 5) is 52.5. The van der Waals surface area contributed by atoms with Crippen molar-refractivity contribution >= 4 is 34.0 Å². The topological polar surface area (TPSA) is 211 Å². The molecule has 0 spiro atoms. The van der Waals surface area contributed by atoms with Crippen LogP contribution in [0.25, 0.3) is 0 Å². The Morgan fingerprint density at radius 2 is 1.56 bits per heavy atom. The fraction of sp³-hybridized carbons (Fsp3) is 0.360. The van der Waals surface area contributed by atoms with Crippen molar-refractivity contribution in [1.82, 2.24) is 9.80 Å². The predicted molar refractivity (Wildman–Crippen MR) is 140 cm³/mol. The van der Waals surface area contributed by atoms with E-state index in [-0.39, 0.29) is 18.6 Å². The second-order valence-corrected chi connectivity index (χ2v) is 9.99. The molecule has 2 aromatic rings. The van der Waals surface area contributed by atoms with E-state index in [1.165, 1.54) is 43.3 Å². The maximum atomic E-state index is 13.4. The van der Waals surface area contributed by atoms with Gasteiger partial charge in [0.1, 0.15) is 19.2 Å². The van der Waals surface area contributed by atoms with Crippen molar-refractivity contribution in [3.63, 3.8) is 0 Å². The van der Waals surface area contributed by atoms with Crippen LogP contribution >= 0.6 is 0 Å². The number of hydrogen-bond donors (Lipinski definition) is 4. The summed E-state index contributed by atoms with van der Waals surface area (Å²) < 4.78 is 42.3. The molecule has 14 heteroatoms. The van der Waals surface area contributed by atoms with Crippen molar-refractivity contribution in [3.8, 4) is 5.75 Å². The Morgan fingerprint density at radius 1 is 0.974 bits per heavy atom. The molecule has 2 rings (SSSR count). The Bertz CT molecular complexity index is 1290. The number of carboxylic acids is 1. The number of rotatable bonds is 16. The number of primary amides is 1. The Labute approximate surface area is 227 Å². The first kappa shape index (κ1) is 29.7. The van der Waals surface area contributed by atoms with Gasteiger partial charge < -0.3 is 25.6 Å². The summed E-state index contributed by atoms with van der Waals surface area (Å²) >= 11 is 0. The summed E-state index contributed by atoms with van der Waals surface area (Å²) in [5.74, 6) is -3.49. The van der Waals surface area contributed by atoms with Crippen molar-refractivity contribution in [1.29, 1.82) is 0 Å². The minimum atomic E-state index is -4.70. The predicted octanol–water partition coefficient (Wildman–Crippen LogP) is -0.363. The van der Waals surface area contributed by atoms with Gasteiger partial charge in [0.05, 0.1) is 19.0 Å². The van der Waals surface area contributed by atoms with Crippen LogP contribution in [0.5, 0.6) is 5.75 Å². The van der Waals surface area contributed by atoms with Crippen molar-refractivity contribution in [3.05, 3.63) is 65.7 Å². The lowest BCUT2D eigenvalue weighted by molar-refractivity contribution is -0.148. The molecule has 0 aliphatic heterocycles. The van der Waals surface area contributed by atoms with Gasteiger partial charge in [0.2, 0.25) is 11.8 Å². The van der Waals surface area contributed by atoms with E-state index in [0.717, 1.165) is 10.5 Å². The number of Topliss-reactive ketones (excluding diaryl/α,β-unsaturated/α-hetero) is 1. The summed E-state index contributed by atoms with van der Waals surface area (Å²) in [6.07, 6.45) is -0.543. The van der Waals surface area contributed by atoms with Crippen LogP contribution in [0.3, 0.4) is 0 Å². The van der Waals surface area contributed by atoms with E-state index in [1.54, 1.807) is 30.3 Å². The van der Waals surface area contributed by atoms with Crippen LogP contribution in [0.2, 0.25) is 1.41 Å². The van der Waals surface area contributed by atoms with Crippen LogP contribution in [-0.4, -0.2) is 90.2 Å². The molecule has 0 fully saturated rings. The van der Waals surface area contributed by atoms with Crippen LogP contribution in [0, 0.1) is 0 Å². The highest BCUT2D eigenvalue weighted by molar-refractivity contribution is 7.81. The van der Waals surface area contributed by atoms with E-state index in [2.05, 4.69) is 9.91 Å². The molecule has 0 aliphatic rings. The zero-order valence-corrected chi connectivity index (χ0v) is 22.2. The first-order valence-corrected chi connectivity index (χ1v) is 13.1. The fourth-order valence-corrected chi connectivity index (χ4v) is 4.22. The van der Waals surface area contributed by atoms with Crippen LogP contribution in [0.15, 0.2) is 54.6 Å². The largest absolute Gasteiger partial charge is 0.481 e. The Kier molecular flexibility index (Phi) is 10.5. The summed E-state index contributed by atoms with van der Waals surface area (Å²) in [6, 6.07) is 10.8. The lowest BCUT2D eigenvalue weighted by Gasteiger charge is -2.33. The molecular formula is C25H32N4O9S. The minimum absolute atomic E-state index is 0.000595. The number of carbonyl (C=O) groups is 4. The standard InChI is InChI=1S/C25H32N4O9S/c1-28(15-22(30)19(26)12-17-8-10-18(11-9-17)38-39(35,36)37)21(14-23(31)32)25(34)29(2)20(24(27)33)13-16-6-4-3-5-7-16/h3-11,19-21H,12-15,26H2,1-2H3,(H2,27,33)(H,31,32)(H,35,36,37)/t19-,20-,21+/m0/s1/i/hD. The number of carbonyl (C=O) groups excluding carboxylic acids is 3. The van der Waals surface area contributed by atoms with Crippen LogP contribution in [-0.2, 0) is 42.4 Å². The minimum Gasteiger partial charge on any atom is -0.481 e. The van der Waals surface area contributed by atoms with Gasteiger partial charge in [-0.1, -0.05) is 42.5 Å². The highest BCUT2D eigenvalue weighted by atomic mass is 32.3. The van der Waals surface area contributed by atoms with Gasteiger partial charge in [-0.3, -0.25) is 28.6 Å². The van der Waals surface area contributed by atoms with Crippen molar-refractivity contribution in [2.24, 2.45) is 11.5 Å². The van der Waals surface area contributed by atoms with Crippen molar-refractivity contribution in [2.75, 3.05) is 20.6 Å². The molecule has 3 atom stereocenters. The number of hydrogen-bond acceptors (Lipinski definition) is 9. The second kappa shape index (κ2) is 13.8. The Morgan fingerprint density at radius 3 is 2.08 bits per heavy atom. The average Bonchev–Trinajstić information content (AvgIpc) is 2.88. The van der Waals surface area contributed by atoms with E-state index in [4.69, 9.17) is 11.7 Å². The number of likely N-dealkylation sites (N-methyl/N-ethyl adjacent to an activating group) is 2. The third kappa shape index (κ3) is 10.1. The number of ketones is 1. The highest BCUT2D eigenvalue weighted by Crippen LogP contribution is 2.16. The summed E-state index contributed by atoms with van der Waals surface area (Å²) in [6.45, 7) is -0.405. The average molecular weight is 566 g/mol. The van der Waals surface area contributed by atoms with Crippen LogP contribution < -0.4 is 15.6 Å². The van der Waals surface area contributed by atoms with Crippen LogP contribution in [0.1, 0.15) is 17.5 Å². The van der Waals surface area contributed by atoms with Gasteiger partial charge >= 0.3 is 16.4 Å². The van der Waals surface area contributed by atoms with Gasteiger partial charge in [-0.05, 0) is 36.7 Å². The molecular weight excluding hydrogens is 532 g/mol. The molecule has 0 bridgehead atoms. The summed E-state index contributed by atoms with van der Waals surface area (Å²) in [5.41, 5.74) is 8.95. The molecule has 13 nitrogen and oxygen atoms in total. The first-order chi connectivity index (χ1) is 18.7. The lowest BCUT2D eigenvalue weighted by atomic mass is 10.0. The Balaban J connectivity index is 2.15. The zero-order valence-electron chi connectivity index (χ0n) is 22.4. The lowest BCUT2D eigenvalue weighted by Crippen LogP contribution is -2.55. The summed E-state index contributed by atoms with van der Waals surface area (Å²) in [5, 5.41) is 9.44. The van der Waals surface area contributed by atoms with Gasteiger partial charge in [-0.25, -0.2) is 0 Å². The maximum Gasteiger partial charge on any atom is 0.446 e. The molecule has 0 unspecified atom stereocenters. The molecule has 0 aliphatic carbocycles. The van der Waals surface area contributed by atoms with E-state index in [1.807, 2.05) is 0 Å². The zero-order chi connectivity index (χ0) is 30.0. The van der Waals surface area contributed by atoms with Crippen molar-refractivity contribution in [2.45, 2.75) is 37.4 Å². The monoisotopic (exact) mass is 565 g/mol. The molecule has 0 radical (unpaired) electrons. The molecule has 0 aromatic heterocycles. The smallest absolute Gasteiger partial charge is 0.446 e. The van der Waals surface area contributed by atoms with E-state index in [0.29, 0.717) is 5.56 Å². The van der Waals surface area contributed by atoms with E-state index >= 15 is 0 Å². The van der Waals surface area contributed by atoms with Gasteiger partial charge in [-0.2, -0.15) is 8.42 Å². The highest BCUT2D eigenvalue weighted by Gasteiger charge is 2.35. The van der Waals surface area contributed by atoms with Crippen LogP contribution in [0.4, 0.5) is 0 Å². The number of aliphatic carboxylic acids is 1. The number of nitrogens with zero attached hydrogens (tertiary/aromatic N) is 2. The number of nitrogens with two attached hydrogens (primary N) is 2. The fourth-order valence-electron chi connectivity index (χ4n) is 3.87. The number of amides is 2. The quantitative estimate of drug-likeness (QED) is 0.193. The van der Waals surface area contributed by atoms with Gasteiger partial charge in [-0.15, -0.1) is 0 Å². The number of benzene rings is 2. The normalized spacial score (nSPS) is 14.1. The van der Waals surface area contributed by atoms with Gasteiger partial charge in [0.25, 0.3) is 0 Å². The molecule has 0 saturated heterocycles. The Hall–Kier alpha value is -3.85. The summed E-state index contributed by atoms with van der Waals surface area (Å²) in [7, 11) is -1.97. The molecule has 0 heterocycles. The molecule has 212 valence electrons. The molecule has 39 heavy (non-hydrogen) atoms. The van der Waals surface area contributed by atoms with Gasteiger partial charge in [0.15, 0.2) is 5.78 Å². The molecule has 2 aromatic carbocycles. The first-order valence-electron chi connectivity index (χ1n) is 12.2. The van der Waals surface area contributed by atoms with E-state index in [9.17, 15) is 32.7 Å².